The zero-order valence-corrected chi connectivity index (χ0v) is 9.12. The van der Waals surface area contributed by atoms with Gasteiger partial charge in [0, 0.05) is 19.7 Å². The molecule has 13 heavy (non-hydrogen) atoms. The Hall–Kier alpha value is -0.120. The molecule has 0 radical (unpaired) electrons. The Morgan fingerprint density at radius 2 is 2.00 bits per heavy atom. The number of hydrogen-bond donors (Lipinski definition) is 0. The Morgan fingerprint density at radius 3 is 2.54 bits per heavy atom. The van der Waals surface area contributed by atoms with E-state index in [1.54, 1.807) is 7.11 Å². The SMILES string of the molecule is COCCN(C)C1CCN(C)CC1. The molecule has 78 valence electrons. The highest BCUT2D eigenvalue weighted by Gasteiger charge is 2.19. The Kier molecular flexibility index (Phi) is 4.70. The first-order valence-electron chi connectivity index (χ1n) is 5.11. The van der Waals surface area contributed by atoms with Crippen LogP contribution in [0.2, 0.25) is 0 Å². The summed E-state index contributed by atoms with van der Waals surface area (Å²) >= 11 is 0. The fraction of sp³-hybridized carbons (Fsp3) is 1.00. The van der Waals surface area contributed by atoms with Crippen LogP contribution in [0, 0.1) is 0 Å². The monoisotopic (exact) mass is 186 g/mol. The van der Waals surface area contributed by atoms with E-state index in [0.717, 1.165) is 19.2 Å². The van der Waals surface area contributed by atoms with Gasteiger partial charge in [0.1, 0.15) is 0 Å². The van der Waals surface area contributed by atoms with Crippen LogP contribution in [0.15, 0.2) is 0 Å². The van der Waals surface area contributed by atoms with Gasteiger partial charge in [-0.05, 0) is 40.0 Å². The molecule has 0 aliphatic carbocycles. The van der Waals surface area contributed by atoms with E-state index in [-0.39, 0.29) is 0 Å². The average molecular weight is 186 g/mol. The van der Waals surface area contributed by atoms with E-state index in [2.05, 4.69) is 23.9 Å². The first kappa shape index (κ1) is 11.0. The summed E-state index contributed by atoms with van der Waals surface area (Å²) in [5, 5.41) is 0. The fourth-order valence-corrected chi connectivity index (χ4v) is 1.85. The fourth-order valence-electron chi connectivity index (χ4n) is 1.85. The van der Waals surface area contributed by atoms with Gasteiger partial charge in [-0.1, -0.05) is 0 Å². The molecule has 0 atom stereocenters. The lowest BCUT2D eigenvalue weighted by molar-refractivity contribution is 0.105. The van der Waals surface area contributed by atoms with Gasteiger partial charge in [-0.3, -0.25) is 0 Å². The number of ether oxygens (including phenoxy) is 1. The highest BCUT2D eigenvalue weighted by Crippen LogP contribution is 2.13. The first-order chi connectivity index (χ1) is 6.24. The summed E-state index contributed by atoms with van der Waals surface area (Å²) in [6.07, 6.45) is 2.60. The second-order valence-corrected chi connectivity index (χ2v) is 4.01. The third-order valence-corrected chi connectivity index (χ3v) is 2.96. The molecule has 1 aliphatic rings. The quantitative estimate of drug-likeness (QED) is 0.641. The van der Waals surface area contributed by atoms with Crippen LogP contribution in [0.4, 0.5) is 0 Å². The summed E-state index contributed by atoms with van der Waals surface area (Å²) in [6.45, 7) is 4.39. The van der Waals surface area contributed by atoms with Crippen LogP contribution < -0.4 is 0 Å². The summed E-state index contributed by atoms with van der Waals surface area (Å²) in [5.41, 5.74) is 0. The summed E-state index contributed by atoms with van der Waals surface area (Å²) in [5.74, 6) is 0. The first-order valence-corrected chi connectivity index (χ1v) is 5.11. The summed E-state index contributed by atoms with van der Waals surface area (Å²) < 4.78 is 5.07. The molecular formula is C10H22N2O. The molecule has 1 fully saturated rings. The van der Waals surface area contributed by atoms with Crippen molar-refractivity contribution >= 4 is 0 Å². The smallest absolute Gasteiger partial charge is 0.0589 e. The van der Waals surface area contributed by atoms with Gasteiger partial charge in [-0.2, -0.15) is 0 Å². The van der Waals surface area contributed by atoms with Crippen LogP contribution in [0.25, 0.3) is 0 Å². The minimum Gasteiger partial charge on any atom is -0.383 e. The molecule has 1 saturated heterocycles. The van der Waals surface area contributed by atoms with Crippen LogP contribution in [0.3, 0.4) is 0 Å². The molecule has 0 bridgehead atoms. The maximum Gasteiger partial charge on any atom is 0.0589 e. The molecule has 0 aromatic carbocycles. The summed E-state index contributed by atoms with van der Waals surface area (Å²) in [7, 11) is 6.17. The molecule has 1 heterocycles. The molecule has 0 saturated carbocycles. The molecule has 3 nitrogen and oxygen atoms in total. The standard InChI is InChI=1S/C10H22N2O/c1-11-6-4-10(5-7-11)12(2)8-9-13-3/h10H,4-9H2,1-3H3. The Balaban J connectivity index is 2.19. The molecule has 0 amide bonds. The lowest BCUT2D eigenvalue weighted by Crippen LogP contribution is -2.42. The van der Waals surface area contributed by atoms with Gasteiger partial charge in [0.05, 0.1) is 6.61 Å². The molecule has 0 spiro atoms. The number of piperidine rings is 1. The lowest BCUT2D eigenvalue weighted by atomic mass is 10.0. The van der Waals surface area contributed by atoms with E-state index in [1.165, 1.54) is 25.9 Å². The van der Waals surface area contributed by atoms with E-state index < -0.39 is 0 Å². The second kappa shape index (κ2) is 5.58. The van der Waals surface area contributed by atoms with Crippen molar-refractivity contribution in [3.05, 3.63) is 0 Å². The molecular weight excluding hydrogens is 164 g/mol. The number of rotatable bonds is 4. The molecule has 0 aromatic rings. The van der Waals surface area contributed by atoms with Gasteiger partial charge >= 0.3 is 0 Å². The van der Waals surface area contributed by atoms with Crippen LogP contribution in [-0.4, -0.2) is 63.3 Å². The van der Waals surface area contributed by atoms with Gasteiger partial charge in [-0.15, -0.1) is 0 Å². The number of likely N-dealkylation sites (N-methyl/N-ethyl adjacent to an activating group) is 1. The van der Waals surface area contributed by atoms with Gasteiger partial charge in [0.15, 0.2) is 0 Å². The third-order valence-electron chi connectivity index (χ3n) is 2.96. The molecule has 0 unspecified atom stereocenters. The minimum absolute atomic E-state index is 0.770. The van der Waals surface area contributed by atoms with E-state index in [4.69, 9.17) is 4.74 Å². The maximum atomic E-state index is 5.07. The Morgan fingerprint density at radius 1 is 1.38 bits per heavy atom. The van der Waals surface area contributed by atoms with Crippen molar-refractivity contribution < 1.29 is 4.74 Å². The molecule has 0 N–H and O–H groups in total. The number of likely N-dealkylation sites (tertiary alicyclic amines) is 1. The zero-order chi connectivity index (χ0) is 9.68. The van der Waals surface area contributed by atoms with Gasteiger partial charge in [0.25, 0.3) is 0 Å². The third kappa shape index (κ3) is 3.63. The van der Waals surface area contributed by atoms with Gasteiger partial charge < -0.3 is 14.5 Å². The molecule has 3 heteroatoms. The van der Waals surface area contributed by atoms with Gasteiger partial charge in [0.2, 0.25) is 0 Å². The van der Waals surface area contributed by atoms with E-state index in [1.807, 2.05) is 0 Å². The van der Waals surface area contributed by atoms with Gasteiger partial charge in [-0.25, -0.2) is 0 Å². The minimum atomic E-state index is 0.770. The van der Waals surface area contributed by atoms with Crippen molar-refractivity contribution in [1.29, 1.82) is 0 Å². The van der Waals surface area contributed by atoms with Crippen LogP contribution in [-0.2, 0) is 4.74 Å². The normalized spacial score (nSPS) is 21.2. The number of nitrogens with zero attached hydrogens (tertiary/aromatic N) is 2. The highest BCUT2D eigenvalue weighted by molar-refractivity contribution is 4.76. The lowest BCUT2D eigenvalue weighted by Gasteiger charge is -2.34. The Labute approximate surface area is 81.7 Å². The van der Waals surface area contributed by atoms with E-state index >= 15 is 0 Å². The van der Waals surface area contributed by atoms with Crippen LogP contribution in [0.5, 0.6) is 0 Å². The van der Waals surface area contributed by atoms with Crippen LogP contribution >= 0.6 is 0 Å². The van der Waals surface area contributed by atoms with Crippen molar-refractivity contribution in [3.8, 4) is 0 Å². The van der Waals surface area contributed by atoms with Crippen molar-refractivity contribution in [1.82, 2.24) is 9.80 Å². The molecule has 1 aliphatic heterocycles. The van der Waals surface area contributed by atoms with E-state index in [0.29, 0.717) is 0 Å². The predicted octanol–water partition coefficient (Wildman–Crippen LogP) is 0.659. The topological polar surface area (TPSA) is 15.7 Å². The predicted molar refractivity (Wildman–Crippen MR) is 55.0 cm³/mol. The maximum absolute atomic E-state index is 5.07. The summed E-state index contributed by atoms with van der Waals surface area (Å²) in [6, 6.07) is 0.770. The highest BCUT2D eigenvalue weighted by atomic mass is 16.5. The second-order valence-electron chi connectivity index (χ2n) is 4.01. The van der Waals surface area contributed by atoms with E-state index in [9.17, 15) is 0 Å². The average Bonchev–Trinajstić information content (AvgIpc) is 2.15. The van der Waals surface area contributed by atoms with Crippen molar-refractivity contribution in [3.63, 3.8) is 0 Å². The molecule has 1 rings (SSSR count). The summed E-state index contributed by atoms with van der Waals surface area (Å²) in [4.78, 5) is 4.83. The largest absolute Gasteiger partial charge is 0.383 e. The van der Waals surface area contributed by atoms with Crippen LogP contribution in [0.1, 0.15) is 12.8 Å². The Bertz CT molecular complexity index is 133. The zero-order valence-electron chi connectivity index (χ0n) is 9.12. The van der Waals surface area contributed by atoms with Crippen molar-refractivity contribution in [2.24, 2.45) is 0 Å². The van der Waals surface area contributed by atoms with Crippen molar-refractivity contribution in [2.75, 3.05) is 47.4 Å². The number of methoxy groups -OCH3 is 1. The molecule has 0 aromatic heterocycles. The van der Waals surface area contributed by atoms with Crippen molar-refractivity contribution in [2.45, 2.75) is 18.9 Å². The number of hydrogen-bond acceptors (Lipinski definition) is 3.